The first kappa shape index (κ1) is 25.0. The van der Waals surface area contributed by atoms with Crippen molar-refractivity contribution in [1.29, 1.82) is 0 Å². The molecule has 0 fully saturated rings. The minimum Gasteiger partial charge on any atom is -0.393 e. The molecule has 1 unspecified atom stereocenters. The van der Waals surface area contributed by atoms with Gasteiger partial charge in [0.25, 0.3) is 0 Å². The summed E-state index contributed by atoms with van der Waals surface area (Å²) in [5.74, 6) is 0. The lowest BCUT2D eigenvalue weighted by atomic mass is 10.0. The highest BCUT2D eigenvalue weighted by atomic mass is 16.3. The lowest BCUT2D eigenvalue weighted by Gasteiger charge is -2.10. The van der Waals surface area contributed by atoms with Crippen LogP contribution in [0, 0.1) is 0 Å². The van der Waals surface area contributed by atoms with Crippen LogP contribution in [0.1, 0.15) is 149 Å². The molecular formula is C24H50O. The Kier molecular flexibility index (Phi) is 22.0. The Morgan fingerprint density at radius 3 is 0.920 bits per heavy atom. The van der Waals surface area contributed by atoms with E-state index >= 15 is 0 Å². The van der Waals surface area contributed by atoms with Crippen molar-refractivity contribution in [3.8, 4) is 0 Å². The molecule has 0 amide bonds. The number of unbranched alkanes of at least 4 members (excludes halogenated alkanes) is 17. The molecule has 0 aliphatic heterocycles. The first-order valence-corrected chi connectivity index (χ1v) is 12.0. The van der Waals surface area contributed by atoms with E-state index in [9.17, 15) is 5.11 Å². The number of rotatable bonds is 21. The molecule has 0 aliphatic carbocycles. The van der Waals surface area contributed by atoms with Crippen molar-refractivity contribution in [2.24, 2.45) is 0 Å². The Morgan fingerprint density at radius 1 is 0.400 bits per heavy atom. The largest absolute Gasteiger partial charge is 0.393 e. The van der Waals surface area contributed by atoms with Crippen molar-refractivity contribution in [3.63, 3.8) is 0 Å². The molecule has 0 spiro atoms. The van der Waals surface area contributed by atoms with Gasteiger partial charge in [0.2, 0.25) is 0 Å². The summed E-state index contributed by atoms with van der Waals surface area (Å²) in [6.45, 7) is 4.55. The fourth-order valence-electron chi connectivity index (χ4n) is 3.70. The van der Waals surface area contributed by atoms with Crippen molar-refractivity contribution in [2.45, 2.75) is 155 Å². The van der Waals surface area contributed by atoms with Crippen LogP contribution in [0.15, 0.2) is 0 Å². The van der Waals surface area contributed by atoms with E-state index in [0.29, 0.717) is 0 Å². The maximum Gasteiger partial charge on any atom is 0.0540 e. The molecule has 1 N–H and O–H groups in total. The van der Waals surface area contributed by atoms with Gasteiger partial charge in [-0.05, 0) is 12.8 Å². The molecule has 1 atom stereocenters. The Hall–Kier alpha value is -0.0400. The van der Waals surface area contributed by atoms with E-state index in [4.69, 9.17) is 0 Å². The summed E-state index contributed by atoms with van der Waals surface area (Å²) in [6.07, 6.45) is 28.3. The summed E-state index contributed by atoms with van der Waals surface area (Å²) in [4.78, 5) is 0. The average molecular weight is 355 g/mol. The third kappa shape index (κ3) is 21.9. The predicted molar refractivity (Wildman–Crippen MR) is 114 cm³/mol. The van der Waals surface area contributed by atoms with Crippen LogP contribution >= 0.6 is 0 Å². The number of aliphatic hydroxyl groups excluding tert-OH is 1. The first-order valence-electron chi connectivity index (χ1n) is 12.0. The van der Waals surface area contributed by atoms with Crippen LogP contribution in [-0.2, 0) is 0 Å². The predicted octanol–water partition coefficient (Wildman–Crippen LogP) is 8.58. The summed E-state index contributed by atoms with van der Waals surface area (Å²) < 4.78 is 0. The molecule has 0 bridgehead atoms. The van der Waals surface area contributed by atoms with E-state index in [0.717, 1.165) is 12.8 Å². The Balaban J connectivity index is 3.09. The van der Waals surface area contributed by atoms with Gasteiger partial charge in [-0.3, -0.25) is 0 Å². The lowest BCUT2D eigenvalue weighted by Crippen LogP contribution is -2.05. The van der Waals surface area contributed by atoms with Gasteiger partial charge < -0.3 is 5.11 Å². The van der Waals surface area contributed by atoms with E-state index in [-0.39, 0.29) is 6.10 Å². The highest BCUT2D eigenvalue weighted by Gasteiger charge is 2.03. The molecule has 0 rings (SSSR count). The van der Waals surface area contributed by atoms with Crippen LogP contribution < -0.4 is 0 Å². The van der Waals surface area contributed by atoms with Gasteiger partial charge in [0, 0.05) is 0 Å². The van der Waals surface area contributed by atoms with Gasteiger partial charge in [-0.25, -0.2) is 0 Å². The van der Waals surface area contributed by atoms with Crippen molar-refractivity contribution in [3.05, 3.63) is 0 Å². The maximum absolute atomic E-state index is 10.0. The quantitative estimate of drug-likeness (QED) is 0.205. The molecule has 0 radical (unpaired) electrons. The zero-order chi connectivity index (χ0) is 18.4. The molecule has 1 heteroatoms. The van der Waals surface area contributed by atoms with Gasteiger partial charge >= 0.3 is 0 Å². The van der Waals surface area contributed by atoms with Crippen LogP contribution in [0.2, 0.25) is 0 Å². The molecule has 0 heterocycles. The van der Waals surface area contributed by atoms with Crippen molar-refractivity contribution in [1.82, 2.24) is 0 Å². The molecule has 25 heavy (non-hydrogen) atoms. The average Bonchev–Trinajstić information content (AvgIpc) is 2.62. The molecular weight excluding hydrogens is 304 g/mol. The topological polar surface area (TPSA) is 20.2 Å². The van der Waals surface area contributed by atoms with Gasteiger partial charge in [0.05, 0.1) is 6.10 Å². The van der Waals surface area contributed by atoms with Gasteiger partial charge in [-0.1, -0.05) is 136 Å². The number of hydrogen-bond acceptors (Lipinski definition) is 1. The first-order chi connectivity index (χ1) is 12.3. The second kappa shape index (κ2) is 22.0. The Labute approximate surface area is 160 Å². The monoisotopic (exact) mass is 354 g/mol. The van der Waals surface area contributed by atoms with Crippen molar-refractivity contribution in [2.75, 3.05) is 0 Å². The fraction of sp³-hybridized carbons (Fsp3) is 1.00. The molecule has 0 saturated heterocycles. The lowest BCUT2D eigenvalue weighted by molar-refractivity contribution is 0.147. The van der Waals surface area contributed by atoms with E-state index in [1.807, 2.05) is 0 Å². The SMILES string of the molecule is CCCCCCCCCCCCCCCC(O)CCCCCCCC. The summed E-state index contributed by atoms with van der Waals surface area (Å²) in [5, 5.41) is 10.0. The fourth-order valence-corrected chi connectivity index (χ4v) is 3.70. The Morgan fingerprint density at radius 2 is 0.640 bits per heavy atom. The third-order valence-corrected chi connectivity index (χ3v) is 5.53. The van der Waals surface area contributed by atoms with Gasteiger partial charge in [0.15, 0.2) is 0 Å². The number of aliphatic hydroxyl groups is 1. The third-order valence-electron chi connectivity index (χ3n) is 5.53. The van der Waals surface area contributed by atoms with Crippen LogP contribution in [0.3, 0.4) is 0 Å². The normalized spacial score (nSPS) is 12.6. The second-order valence-electron chi connectivity index (χ2n) is 8.24. The molecule has 0 aliphatic rings. The smallest absolute Gasteiger partial charge is 0.0540 e. The van der Waals surface area contributed by atoms with E-state index in [1.165, 1.54) is 122 Å². The van der Waals surface area contributed by atoms with Crippen LogP contribution in [0.4, 0.5) is 0 Å². The molecule has 0 aromatic carbocycles. The highest BCUT2D eigenvalue weighted by Crippen LogP contribution is 2.15. The van der Waals surface area contributed by atoms with Crippen LogP contribution in [0.25, 0.3) is 0 Å². The minimum atomic E-state index is -0.0288. The summed E-state index contributed by atoms with van der Waals surface area (Å²) in [7, 11) is 0. The molecule has 1 nitrogen and oxygen atoms in total. The van der Waals surface area contributed by atoms with Gasteiger partial charge in [-0.15, -0.1) is 0 Å². The molecule has 0 saturated carbocycles. The standard InChI is InChI=1S/C24H50O/c1-3-5-7-9-11-12-13-14-15-16-17-19-21-23-24(25)22-20-18-10-8-6-4-2/h24-25H,3-23H2,1-2H3. The number of hydrogen-bond donors (Lipinski definition) is 1. The zero-order valence-electron chi connectivity index (χ0n) is 17.9. The van der Waals surface area contributed by atoms with Crippen molar-refractivity contribution < 1.29 is 5.11 Å². The zero-order valence-corrected chi connectivity index (χ0v) is 17.9. The highest BCUT2D eigenvalue weighted by molar-refractivity contribution is 4.57. The van der Waals surface area contributed by atoms with Crippen LogP contribution in [-0.4, -0.2) is 11.2 Å². The minimum absolute atomic E-state index is 0.0288. The van der Waals surface area contributed by atoms with Gasteiger partial charge in [0.1, 0.15) is 0 Å². The van der Waals surface area contributed by atoms with E-state index in [2.05, 4.69) is 13.8 Å². The van der Waals surface area contributed by atoms with Crippen molar-refractivity contribution >= 4 is 0 Å². The summed E-state index contributed by atoms with van der Waals surface area (Å²) >= 11 is 0. The van der Waals surface area contributed by atoms with Crippen LogP contribution in [0.5, 0.6) is 0 Å². The second-order valence-corrected chi connectivity index (χ2v) is 8.24. The maximum atomic E-state index is 10.0. The van der Waals surface area contributed by atoms with E-state index < -0.39 is 0 Å². The molecule has 152 valence electrons. The van der Waals surface area contributed by atoms with Gasteiger partial charge in [-0.2, -0.15) is 0 Å². The summed E-state index contributed by atoms with van der Waals surface area (Å²) in [6, 6.07) is 0. The summed E-state index contributed by atoms with van der Waals surface area (Å²) in [5.41, 5.74) is 0. The Bertz CT molecular complexity index is 226. The molecule has 0 aromatic rings. The van der Waals surface area contributed by atoms with E-state index in [1.54, 1.807) is 0 Å². The molecule has 0 aromatic heterocycles.